The second-order valence-electron chi connectivity index (χ2n) is 4.97. The van der Waals surface area contributed by atoms with E-state index in [0.29, 0.717) is 16.1 Å². The second-order valence-corrected chi connectivity index (χ2v) is 5.98. The largest absolute Gasteiger partial charge is 0.478 e. The van der Waals surface area contributed by atoms with Crippen LogP contribution in [0.5, 0.6) is 0 Å². The van der Waals surface area contributed by atoms with Gasteiger partial charge in [0.1, 0.15) is 0 Å². The molecule has 8 heteroatoms. The van der Waals surface area contributed by atoms with E-state index >= 15 is 0 Å². The monoisotopic (exact) mass is 305 g/mol. The lowest BCUT2D eigenvalue weighted by Gasteiger charge is -2.12. The normalized spacial score (nSPS) is 15.4. The van der Waals surface area contributed by atoms with Crippen LogP contribution in [0.3, 0.4) is 0 Å². The number of nitrogens with zero attached hydrogens (tertiary/aromatic N) is 4. The Bertz CT molecular complexity index is 666. The lowest BCUT2D eigenvalue weighted by Crippen LogP contribution is -2.08. The number of rotatable bonds is 4. The first-order valence-corrected chi connectivity index (χ1v) is 7.56. The summed E-state index contributed by atoms with van der Waals surface area (Å²) in [6, 6.07) is 5.26. The number of benzene rings is 1. The standard InChI is InChI=1S/C13H15N5O2S/c14-11-9(12(19)20)6-3-7-10(11)21-13-15-16-17-18(13)8-4-1-2-5-8/h3,6-8H,1-2,4-5,14H2,(H,19,20). The molecule has 1 fully saturated rings. The first-order chi connectivity index (χ1) is 10.2. The summed E-state index contributed by atoms with van der Waals surface area (Å²) in [6.07, 6.45) is 4.52. The van der Waals surface area contributed by atoms with Crippen LogP contribution in [0.25, 0.3) is 0 Å². The first kappa shape index (κ1) is 13.9. The molecule has 1 heterocycles. The number of aromatic nitrogens is 4. The van der Waals surface area contributed by atoms with E-state index in [-0.39, 0.29) is 11.3 Å². The maximum Gasteiger partial charge on any atom is 0.337 e. The van der Waals surface area contributed by atoms with Crippen molar-refractivity contribution in [1.29, 1.82) is 0 Å². The number of aromatic carboxylic acids is 1. The molecule has 1 aliphatic rings. The van der Waals surface area contributed by atoms with E-state index in [2.05, 4.69) is 15.5 Å². The molecule has 110 valence electrons. The van der Waals surface area contributed by atoms with Gasteiger partial charge in [-0.1, -0.05) is 18.9 Å². The molecule has 0 bridgehead atoms. The minimum Gasteiger partial charge on any atom is -0.478 e. The van der Waals surface area contributed by atoms with Gasteiger partial charge in [0.25, 0.3) is 0 Å². The van der Waals surface area contributed by atoms with Gasteiger partial charge in [-0.25, -0.2) is 9.48 Å². The van der Waals surface area contributed by atoms with Crippen LogP contribution in [0, 0.1) is 0 Å². The van der Waals surface area contributed by atoms with Crippen LogP contribution < -0.4 is 5.73 Å². The van der Waals surface area contributed by atoms with Crippen molar-refractivity contribution >= 4 is 23.4 Å². The zero-order valence-electron chi connectivity index (χ0n) is 11.3. The zero-order chi connectivity index (χ0) is 14.8. The van der Waals surface area contributed by atoms with Crippen molar-refractivity contribution in [3.8, 4) is 0 Å². The predicted molar refractivity (Wildman–Crippen MR) is 77.3 cm³/mol. The summed E-state index contributed by atoms with van der Waals surface area (Å²) in [5.41, 5.74) is 6.27. The summed E-state index contributed by atoms with van der Waals surface area (Å²) in [7, 11) is 0. The molecule has 1 saturated carbocycles. The smallest absolute Gasteiger partial charge is 0.337 e. The molecular formula is C13H15N5O2S. The summed E-state index contributed by atoms with van der Waals surface area (Å²) >= 11 is 1.30. The molecule has 0 amide bonds. The van der Waals surface area contributed by atoms with Crippen molar-refractivity contribution in [2.75, 3.05) is 5.73 Å². The van der Waals surface area contributed by atoms with Gasteiger partial charge in [-0.3, -0.25) is 0 Å². The fourth-order valence-electron chi connectivity index (χ4n) is 2.55. The van der Waals surface area contributed by atoms with E-state index in [1.165, 1.54) is 30.7 Å². The Morgan fingerprint density at radius 3 is 2.86 bits per heavy atom. The molecular weight excluding hydrogens is 290 g/mol. The Labute approximate surface area is 125 Å². The Morgan fingerprint density at radius 2 is 2.14 bits per heavy atom. The number of nitrogen functional groups attached to an aromatic ring is 1. The lowest BCUT2D eigenvalue weighted by molar-refractivity contribution is 0.0698. The fourth-order valence-corrected chi connectivity index (χ4v) is 3.47. The van der Waals surface area contributed by atoms with Gasteiger partial charge in [0, 0.05) is 4.90 Å². The molecule has 21 heavy (non-hydrogen) atoms. The third kappa shape index (κ3) is 2.71. The summed E-state index contributed by atoms with van der Waals surface area (Å²) in [5.74, 6) is -1.04. The average molecular weight is 305 g/mol. The third-order valence-corrected chi connectivity index (χ3v) is 4.66. The number of tetrazole rings is 1. The summed E-state index contributed by atoms with van der Waals surface area (Å²) in [6.45, 7) is 0. The minimum absolute atomic E-state index is 0.0971. The van der Waals surface area contributed by atoms with Gasteiger partial charge in [0.2, 0.25) is 5.16 Å². The number of carbonyl (C=O) groups is 1. The molecule has 0 atom stereocenters. The molecule has 3 N–H and O–H groups in total. The molecule has 0 unspecified atom stereocenters. The van der Waals surface area contributed by atoms with Crippen molar-refractivity contribution in [1.82, 2.24) is 20.2 Å². The molecule has 7 nitrogen and oxygen atoms in total. The maximum absolute atomic E-state index is 11.1. The van der Waals surface area contributed by atoms with Crippen molar-refractivity contribution in [3.05, 3.63) is 23.8 Å². The van der Waals surface area contributed by atoms with Gasteiger partial charge in [0.15, 0.2) is 0 Å². The summed E-state index contributed by atoms with van der Waals surface area (Å²) in [4.78, 5) is 11.8. The number of hydrogen-bond donors (Lipinski definition) is 2. The highest BCUT2D eigenvalue weighted by atomic mass is 32.2. The molecule has 1 aromatic carbocycles. The number of para-hydroxylation sites is 1. The van der Waals surface area contributed by atoms with E-state index in [1.54, 1.807) is 12.1 Å². The van der Waals surface area contributed by atoms with Crippen LogP contribution in [0.15, 0.2) is 28.3 Å². The van der Waals surface area contributed by atoms with Gasteiger partial charge in [0.05, 0.1) is 17.3 Å². The molecule has 0 spiro atoms. The second kappa shape index (κ2) is 5.72. The SMILES string of the molecule is Nc1c(Sc2nnnn2C2CCCC2)cccc1C(=O)O. The topological polar surface area (TPSA) is 107 Å². The van der Waals surface area contributed by atoms with Gasteiger partial charge in [-0.2, -0.15) is 0 Å². The predicted octanol–water partition coefficient (Wildman–Crippen LogP) is 2.22. The number of carboxylic acid groups (broad SMARTS) is 1. The Hall–Kier alpha value is -2.09. The van der Waals surface area contributed by atoms with Gasteiger partial charge in [-0.15, -0.1) is 5.10 Å². The molecule has 1 aromatic heterocycles. The Balaban J connectivity index is 1.89. The van der Waals surface area contributed by atoms with Crippen LogP contribution in [0.4, 0.5) is 5.69 Å². The van der Waals surface area contributed by atoms with E-state index in [4.69, 9.17) is 10.8 Å². The van der Waals surface area contributed by atoms with Crippen LogP contribution in [-0.4, -0.2) is 31.3 Å². The lowest BCUT2D eigenvalue weighted by atomic mass is 10.2. The Kier molecular flexibility index (Phi) is 3.78. The Morgan fingerprint density at radius 1 is 1.38 bits per heavy atom. The van der Waals surface area contributed by atoms with E-state index in [1.807, 2.05) is 4.68 Å². The fraction of sp³-hybridized carbons (Fsp3) is 0.385. The molecule has 0 aliphatic heterocycles. The molecule has 3 rings (SSSR count). The van der Waals surface area contributed by atoms with E-state index < -0.39 is 5.97 Å². The molecule has 0 radical (unpaired) electrons. The van der Waals surface area contributed by atoms with Crippen molar-refractivity contribution in [2.45, 2.75) is 41.8 Å². The van der Waals surface area contributed by atoms with Crippen molar-refractivity contribution in [3.63, 3.8) is 0 Å². The highest BCUT2D eigenvalue weighted by Crippen LogP contribution is 2.36. The van der Waals surface area contributed by atoms with Gasteiger partial charge >= 0.3 is 5.97 Å². The number of hydrogen-bond acceptors (Lipinski definition) is 6. The van der Waals surface area contributed by atoms with E-state index in [9.17, 15) is 4.79 Å². The molecule has 0 saturated heterocycles. The van der Waals surface area contributed by atoms with Crippen LogP contribution >= 0.6 is 11.8 Å². The summed E-state index contributed by atoms with van der Waals surface area (Å²) in [5, 5.41) is 21.6. The van der Waals surface area contributed by atoms with Crippen LogP contribution in [0.2, 0.25) is 0 Å². The third-order valence-electron chi connectivity index (χ3n) is 3.63. The summed E-state index contributed by atoms with van der Waals surface area (Å²) < 4.78 is 1.82. The number of nitrogens with two attached hydrogens (primary N) is 1. The average Bonchev–Trinajstić information content (AvgIpc) is 3.11. The minimum atomic E-state index is -1.04. The first-order valence-electron chi connectivity index (χ1n) is 6.74. The van der Waals surface area contributed by atoms with Crippen LogP contribution in [-0.2, 0) is 0 Å². The molecule has 2 aromatic rings. The quantitative estimate of drug-likeness (QED) is 0.834. The van der Waals surface area contributed by atoms with Gasteiger partial charge < -0.3 is 10.8 Å². The zero-order valence-corrected chi connectivity index (χ0v) is 12.1. The van der Waals surface area contributed by atoms with Crippen LogP contribution in [0.1, 0.15) is 42.1 Å². The molecule has 1 aliphatic carbocycles. The number of anilines is 1. The highest BCUT2D eigenvalue weighted by molar-refractivity contribution is 7.99. The number of carboxylic acids is 1. The van der Waals surface area contributed by atoms with Crippen molar-refractivity contribution in [2.24, 2.45) is 0 Å². The highest BCUT2D eigenvalue weighted by Gasteiger charge is 2.22. The van der Waals surface area contributed by atoms with Gasteiger partial charge in [-0.05, 0) is 47.2 Å². The van der Waals surface area contributed by atoms with Crippen molar-refractivity contribution < 1.29 is 9.90 Å². The van der Waals surface area contributed by atoms with E-state index in [0.717, 1.165) is 12.8 Å². The maximum atomic E-state index is 11.1.